The second-order valence-electron chi connectivity index (χ2n) is 9.52. The predicted molar refractivity (Wildman–Crippen MR) is 150 cm³/mol. The van der Waals surface area contributed by atoms with E-state index in [4.69, 9.17) is 0 Å². The van der Waals surface area contributed by atoms with E-state index in [9.17, 15) is 24.9 Å². The lowest BCUT2D eigenvalue weighted by Gasteiger charge is -2.28. The molecule has 8 heteroatoms. The first-order valence-corrected chi connectivity index (χ1v) is 14.4. The molecule has 0 spiro atoms. The molecule has 2 aromatic carbocycles. The number of aliphatic hydroxyl groups is 2. The van der Waals surface area contributed by atoms with Gasteiger partial charge in [0.2, 0.25) is 0 Å². The Hall–Kier alpha value is -2.55. The number of phenols is 1. The second-order valence-corrected chi connectivity index (χ2v) is 10.5. The largest absolute Gasteiger partial charge is 0.508 e. The van der Waals surface area contributed by atoms with Crippen molar-refractivity contribution in [2.24, 2.45) is 0 Å². The van der Waals surface area contributed by atoms with Gasteiger partial charge >= 0.3 is 0 Å². The van der Waals surface area contributed by atoms with Crippen LogP contribution in [0, 0.1) is 6.92 Å². The van der Waals surface area contributed by atoms with E-state index in [1.807, 2.05) is 27.0 Å². The van der Waals surface area contributed by atoms with Crippen molar-refractivity contribution < 1.29 is 24.9 Å². The zero-order valence-electron chi connectivity index (χ0n) is 22.4. The van der Waals surface area contributed by atoms with Crippen LogP contribution in [0.4, 0.5) is 0 Å². The van der Waals surface area contributed by atoms with E-state index >= 15 is 0 Å². The van der Waals surface area contributed by atoms with Crippen molar-refractivity contribution in [3.63, 3.8) is 0 Å². The maximum absolute atomic E-state index is 13.4. The Labute approximate surface area is 225 Å². The van der Waals surface area contributed by atoms with Crippen LogP contribution in [-0.4, -0.2) is 75.4 Å². The topological polar surface area (TPSA) is 110 Å². The molecule has 2 aromatic rings. The molecular weight excluding hydrogens is 488 g/mol. The molecule has 3 atom stereocenters. The highest BCUT2D eigenvalue weighted by Gasteiger charge is 2.28. The first-order chi connectivity index (χ1) is 17.7. The SMILES string of the molecule is CCCN(CCC)C(=O)c1cc(C)cc(C(=O)NC(Cc2ccc(O)cc2)C(O)C(O)CCCSC)c1. The fourth-order valence-corrected chi connectivity index (χ4v) is 4.80. The number of aryl methyl sites for hydroxylation is 1. The van der Waals surface area contributed by atoms with Crippen LogP contribution in [0.1, 0.15) is 71.4 Å². The normalized spacial score (nSPS) is 13.6. The van der Waals surface area contributed by atoms with Crippen molar-refractivity contribution in [2.75, 3.05) is 25.1 Å². The fraction of sp³-hybridized carbons (Fsp3) is 0.517. The molecule has 3 unspecified atom stereocenters. The number of nitrogens with zero attached hydrogens (tertiary/aromatic N) is 1. The van der Waals surface area contributed by atoms with Crippen molar-refractivity contribution in [3.05, 3.63) is 64.7 Å². The van der Waals surface area contributed by atoms with Gasteiger partial charge in [0, 0.05) is 24.2 Å². The number of rotatable bonds is 15. The van der Waals surface area contributed by atoms with E-state index in [0.717, 1.165) is 36.1 Å². The quantitative estimate of drug-likeness (QED) is 0.257. The number of amides is 2. The monoisotopic (exact) mass is 530 g/mol. The Morgan fingerprint density at radius 3 is 2.22 bits per heavy atom. The van der Waals surface area contributed by atoms with Crippen LogP contribution in [0.2, 0.25) is 0 Å². The van der Waals surface area contributed by atoms with Gasteiger partial charge in [0.05, 0.1) is 12.1 Å². The number of carbonyl (C=O) groups is 2. The molecule has 0 aliphatic carbocycles. The average molecular weight is 531 g/mol. The van der Waals surface area contributed by atoms with Crippen LogP contribution >= 0.6 is 11.8 Å². The Balaban J connectivity index is 2.28. The number of benzene rings is 2. The molecule has 0 heterocycles. The van der Waals surface area contributed by atoms with Crippen LogP contribution < -0.4 is 5.32 Å². The van der Waals surface area contributed by atoms with Gasteiger partial charge in [-0.3, -0.25) is 9.59 Å². The van der Waals surface area contributed by atoms with Gasteiger partial charge in [-0.25, -0.2) is 0 Å². The molecule has 204 valence electrons. The van der Waals surface area contributed by atoms with Gasteiger partial charge in [0.1, 0.15) is 11.9 Å². The Bertz CT molecular complexity index is 992. The smallest absolute Gasteiger partial charge is 0.253 e. The summed E-state index contributed by atoms with van der Waals surface area (Å²) in [5.41, 5.74) is 2.38. The zero-order valence-corrected chi connectivity index (χ0v) is 23.3. The van der Waals surface area contributed by atoms with Crippen LogP contribution in [-0.2, 0) is 6.42 Å². The van der Waals surface area contributed by atoms with Crippen LogP contribution in [0.5, 0.6) is 5.75 Å². The van der Waals surface area contributed by atoms with E-state index < -0.39 is 24.2 Å². The fourth-order valence-electron chi connectivity index (χ4n) is 4.35. The van der Waals surface area contributed by atoms with Crippen LogP contribution in [0.25, 0.3) is 0 Å². The molecule has 0 fully saturated rings. The lowest BCUT2D eigenvalue weighted by molar-refractivity contribution is -0.00731. The number of aliphatic hydroxyl groups excluding tert-OH is 2. The number of hydrogen-bond donors (Lipinski definition) is 4. The Morgan fingerprint density at radius 1 is 1.00 bits per heavy atom. The van der Waals surface area contributed by atoms with Crippen molar-refractivity contribution in [1.29, 1.82) is 0 Å². The molecule has 7 nitrogen and oxygen atoms in total. The minimum absolute atomic E-state index is 0.105. The summed E-state index contributed by atoms with van der Waals surface area (Å²) in [5, 5.41) is 34.2. The molecule has 4 N–H and O–H groups in total. The standard InChI is InChI=1S/C29H42N2O5S/c1-5-13-31(14-6-2)29(36)23-17-20(3)16-22(19-23)28(35)30-25(18-21-9-11-24(32)12-10-21)27(34)26(33)8-7-15-37-4/h9-12,16-17,19,25-27,32-34H,5-8,13-15,18H2,1-4H3,(H,30,35). The van der Waals surface area contributed by atoms with E-state index in [2.05, 4.69) is 5.32 Å². The van der Waals surface area contributed by atoms with Crippen LogP contribution in [0.15, 0.2) is 42.5 Å². The van der Waals surface area contributed by atoms with Crippen molar-refractivity contribution in [3.8, 4) is 5.75 Å². The molecule has 2 rings (SSSR count). The van der Waals surface area contributed by atoms with E-state index in [-0.39, 0.29) is 18.1 Å². The van der Waals surface area contributed by atoms with E-state index in [0.29, 0.717) is 30.6 Å². The van der Waals surface area contributed by atoms with E-state index in [1.54, 1.807) is 59.1 Å². The van der Waals surface area contributed by atoms with Gasteiger partial charge in [-0.1, -0.05) is 26.0 Å². The number of carbonyl (C=O) groups excluding carboxylic acids is 2. The highest BCUT2D eigenvalue weighted by molar-refractivity contribution is 7.98. The molecule has 0 bridgehead atoms. The second kappa shape index (κ2) is 15.6. The summed E-state index contributed by atoms with van der Waals surface area (Å²) >= 11 is 1.67. The summed E-state index contributed by atoms with van der Waals surface area (Å²) < 4.78 is 0. The highest BCUT2D eigenvalue weighted by atomic mass is 32.2. The van der Waals surface area contributed by atoms with Crippen molar-refractivity contribution in [1.82, 2.24) is 10.2 Å². The summed E-state index contributed by atoms with van der Waals surface area (Å²) in [5.74, 6) is 0.464. The summed E-state index contributed by atoms with van der Waals surface area (Å²) in [4.78, 5) is 28.3. The Morgan fingerprint density at radius 2 is 1.62 bits per heavy atom. The zero-order chi connectivity index (χ0) is 27.4. The molecule has 0 aliphatic heterocycles. The summed E-state index contributed by atoms with van der Waals surface area (Å²) in [7, 11) is 0. The summed E-state index contributed by atoms with van der Waals surface area (Å²) in [6.07, 6.45) is 2.93. The predicted octanol–water partition coefficient (Wildman–Crippen LogP) is 4.17. The third kappa shape index (κ3) is 9.68. The minimum atomic E-state index is -1.19. The van der Waals surface area contributed by atoms with Gasteiger partial charge in [-0.15, -0.1) is 0 Å². The molecule has 37 heavy (non-hydrogen) atoms. The Kier molecular flexibility index (Phi) is 13.0. The summed E-state index contributed by atoms with van der Waals surface area (Å²) in [6, 6.07) is 10.9. The third-order valence-electron chi connectivity index (χ3n) is 6.22. The maximum atomic E-state index is 13.4. The molecule has 0 saturated heterocycles. The number of thioether (sulfide) groups is 1. The average Bonchev–Trinajstić information content (AvgIpc) is 2.88. The molecule has 0 saturated carbocycles. The van der Waals surface area contributed by atoms with Gasteiger partial charge in [0.15, 0.2) is 0 Å². The van der Waals surface area contributed by atoms with Crippen LogP contribution in [0.3, 0.4) is 0 Å². The minimum Gasteiger partial charge on any atom is -0.508 e. The van der Waals surface area contributed by atoms with Crippen molar-refractivity contribution >= 4 is 23.6 Å². The van der Waals surface area contributed by atoms with Gasteiger partial charge < -0.3 is 25.5 Å². The summed E-state index contributed by atoms with van der Waals surface area (Å²) in [6.45, 7) is 7.20. The molecule has 0 radical (unpaired) electrons. The number of nitrogens with one attached hydrogen (secondary N) is 1. The highest BCUT2D eigenvalue weighted by Crippen LogP contribution is 2.18. The first kappa shape index (κ1) is 30.7. The van der Waals surface area contributed by atoms with Gasteiger partial charge in [-0.05, 0) is 92.5 Å². The lowest BCUT2D eigenvalue weighted by Crippen LogP contribution is -2.50. The molecular formula is C29H42N2O5S. The number of hydrogen-bond acceptors (Lipinski definition) is 6. The van der Waals surface area contributed by atoms with Gasteiger partial charge in [0.25, 0.3) is 11.8 Å². The lowest BCUT2D eigenvalue weighted by atomic mass is 9.95. The third-order valence-corrected chi connectivity index (χ3v) is 6.92. The number of aromatic hydroxyl groups is 1. The maximum Gasteiger partial charge on any atom is 0.253 e. The molecule has 2 amide bonds. The number of phenolic OH excluding ortho intramolecular Hbond substituents is 1. The van der Waals surface area contributed by atoms with E-state index in [1.165, 1.54) is 0 Å². The molecule has 0 aliphatic rings. The van der Waals surface area contributed by atoms with Crippen molar-refractivity contribution in [2.45, 2.75) is 71.1 Å². The molecule has 0 aromatic heterocycles. The first-order valence-electron chi connectivity index (χ1n) is 13.0. The van der Waals surface area contributed by atoms with Gasteiger partial charge in [-0.2, -0.15) is 11.8 Å².